The number of thiocarbonyl (C=S) groups is 1. The molecule has 0 spiro atoms. The quantitative estimate of drug-likeness (QED) is 0.472. The van der Waals surface area contributed by atoms with Crippen LogP contribution < -0.4 is 14.8 Å². The van der Waals surface area contributed by atoms with Crippen molar-refractivity contribution in [2.75, 3.05) is 46.2 Å². The Balaban J connectivity index is 1.33. The van der Waals surface area contributed by atoms with Gasteiger partial charge in [-0.1, -0.05) is 6.07 Å². The monoisotopic (exact) mass is 519 g/mol. The summed E-state index contributed by atoms with van der Waals surface area (Å²) in [7, 11) is 0. The highest BCUT2D eigenvalue weighted by Crippen LogP contribution is 2.42. The highest BCUT2D eigenvalue weighted by atomic mass is 32.1. The Morgan fingerprint density at radius 3 is 2.68 bits per heavy atom. The summed E-state index contributed by atoms with van der Waals surface area (Å²) in [5, 5.41) is 4.39. The normalized spacial score (nSPS) is 21.5. The van der Waals surface area contributed by atoms with Gasteiger partial charge >= 0.3 is 0 Å². The van der Waals surface area contributed by atoms with Gasteiger partial charge in [0.1, 0.15) is 0 Å². The fraction of sp³-hybridized carbons (Fsp3) is 0.429. The lowest BCUT2D eigenvalue weighted by atomic mass is 9.96. The van der Waals surface area contributed by atoms with Crippen LogP contribution >= 0.6 is 12.2 Å². The number of aromatic nitrogens is 2. The van der Waals surface area contributed by atoms with Crippen LogP contribution in [0.15, 0.2) is 48.7 Å². The summed E-state index contributed by atoms with van der Waals surface area (Å²) in [6.45, 7) is 10.2. The van der Waals surface area contributed by atoms with E-state index >= 15 is 0 Å². The molecule has 2 saturated heterocycles. The van der Waals surface area contributed by atoms with Gasteiger partial charge in [0.15, 0.2) is 16.6 Å². The molecule has 8 nitrogen and oxygen atoms in total. The molecule has 2 fully saturated rings. The first kappa shape index (κ1) is 24.2. The van der Waals surface area contributed by atoms with Crippen LogP contribution in [0.5, 0.6) is 11.5 Å². The highest BCUT2D eigenvalue weighted by molar-refractivity contribution is 7.80. The van der Waals surface area contributed by atoms with Crippen molar-refractivity contribution in [1.82, 2.24) is 24.7 Å². The molecule has 5 heterocycles. The maximum Gasteiger partial charge on any atom is 0.231 e. The van der Waals surface area contributed by atoms with Gasteiger partial charge in [0, 0.05) is 55.5 Å². The zero-order chi connectivity index (χ0) is 25.4. The molecule has 0 amide bonds. The van der Waals surface area contributed by atoms with Gasteiger partial charge < -0.3 is 29.0 Å². The van der Waals surface area contributed by atoms with Gasteiger partial charge in [-0.15, -0.1) is 0 Å². The fourth-order valence-corrected chi connectivity index (χ4v) is 6.11. The van der Waals surface area contributed by atoms with Crippen molar-refractivity contribution in [2.24, 2.45) is 0 Å². The molecule has 1 N–H and O–H groups in total. The third-order valence-corrected chi connectivity index (χ3v) is 7.93. The molecule has 0 bridgehead atoms. The van der Waals surface area contributed by atoms with Crippen molar-refractivity contribution in [3.8, 4) is 17.2 Å². The summed E-state index contributed by atoms with van der Waals surface area (Å²) >= 11 is 5.91. The molecule has 6 rings (SSSR count). The summed E-state index contributed by atoms with van der Waals surface area (Å²) in [6.07, 6.45) is 2.89. The van der Waals surface area contributed by atoms with Gasteiger partial charge in [0.2, 0.25) is 6.79 Å². The van der Waals surface area contributed by atoms with Gasteiger partial charge in [-0.2, -0.15) is 0 Å². The van der Waals surface area contributed by atoms with E-state index < -0.39 is 0 Å². The average molecular weight is 520 g/mol. The number of morpholine rings is 1. The Labute approximate surface area is 223 Å². The molecule has 37 heavy (non-hydrogen) atoms. The maximum atomic E-state index is 5.91. The molecular formula is C28H33N5O3S. The van der Waals surface area contributed by atoms with E-state index in [1.165, 1.54) is 11.3 Å². The molecule has 0 saturated carbocycles. The number of aryl methyl sites for hydroxylation is 1. The first-order valence-corrected chi connectivity index (χ1v) is 13.4. The second kappa shape index (κ2) is 10.3. The van der Waals surface area contributed by atoms with Gasteiger partial charge in [0.05, 0.1) is 31.0 Å². The standard InChI is InChI=1S/C28H33N5O3S/c1-19-16-22(20(2)33(19)21-7-8-24-25(17-21)36-18-35-24)27-26(23-6-3-4-9-29-23)30-28(37)32(27)11-5-10-31-12-14-34-15-13-31/h3-4,6-9,16-17,26-27H,5,10-15,18H2,1-2H3,(H,30,37)/t26-,27+/m1/s1. The lowest BCUT2D eigenvalue weighted by Gasteiger charge is -2.30. The second-order valence-corrected chi connectivity index (χ2v) is 10.2. The summed E-state index contributed by atoms with van der Waals surface area (Å²) in [5.74, 6) is 1.57. The number of nitrogens with zero attached hydrogens (tertiary/aromatic N) is 4. The number of fused-ring (bicyclic) bond motifs is 1. The van der Waals surface area contributed by atoms with Crippen LogP contribution in [0.25, 0.3) is 5.69 Å². The topological polar surface area (TPSA) is 64.0 Å². The molecule has 2 atom stereocenters. The van der Waals surface area contributed by atoms with Crippen LogP contribution in [-0.4, -0.2) is 70.6 Å². The van der Waals surface area contributed by atoms with Crippen molar-refractivity contribution < 1.29 is 14.2 Å². The van der Waals surface area contributed by atoms with Crippen LogP contribution in [0.3, 0.4) is 0 Å². The van der Waals surface area contributed by atoms with E-state index in [0.717, 1.165) is 79.5 Å². The zero-order valence-electron chi connectivity index (χ0n) is 21.4. The summed E-state index contributed by atoms with van der Waals surface area (Å²) < 4.78 is 19.0. The predicted octanol–water partition coefficient (Wildman–Crippen LogP) is 3.91. The predicted molar refractivity (Wildman–Crippen MR) is 145 cm³/mol. The molecule has 0 unspecified atom stereocenters. The minimum atomic E-state index is -0.0252. The van der Waals surface area contributed by atoms with Crippen molar-refractivity contribution in [3.63, 3.8) is 0 Å². The van der Waals surface area contributed by atoms with Crippen LogP contribution in [0, 0.1) is 13.8 Å². The Morgan fingerprint density at radius 1 is 1.03 bits per heavy atom. The van der Waals surface area contributed by atoms with Gasteiger partial charge in [0.25, 0.3) is 0 Å². The number of benzene rings is 1. The first-order valence-electron chi connectivity index (χ1n) is 13.0. The molecule has 9 heteroatoms. The largest absolute Gasteiger partial charge is 0.454 e. The zero-order valence-corrected chi connectivity index (χ0v) is 22.2. The lowest BCUT2D eigenvalue weighted by molar-refractivity contribution is 0.0365. The summed E-state index contributed by atoms with van der Waals surface area (Å²) in [6, 6.07) is 14.5. The van der Waals surface area contributed by atoms with E-state index in [9.17, 15) is 0 Å². The Bertz CT molecular complexity index is 1270. The van der Waals surface area contributed by atoms with Crippen molar-refractivity contribution in [1.29, 1.82) is 0 Å². The summed E-state index contributed by atoms with van der Waals surface area (Å²) in [4.78, 5) is 9.55. The molecule has 3 aliphatic rings. The molecule has 0 aliphatic carbocycles. The lowest BCUT2D eigenvalue weighted by Crippen LogP contribution is -2.39. The number of pyridine rings is 1. The number of rotatable bonds is 7. The SMILES string of the molecule is Cc1cc([C@H]2[C@@H](c3ccccn3)NC(=S)N2CCCN2CCOCC2)c(C)n1-c1ccc2c(c1)OCO2. The average Bonchev–Trinajstić information content (AvgIpc) is 3.60. The Kier molecular flexibility index (Phi) is 6.75. The third-order valence-electron chi connectivity index (χ3n) is 7.58. The number of hydrogen-bond acceptors (Lipinski definition) is 6. The van der Waals surface area contributed by atoms with Gasteiger partial charge in [-0.25, -0.2) is 0 Å². The molecular weight excluding hydrogens is 486 g/mol. The van der Waals surface area contributed by atoms with Gasteiger partial charge in [-0.05, 0) is 68.4 Å². The molecule has 2 aromatic heterocycles. The molecule has 3 aliphatic heterocycles. The van der Waals surface area contributed by atoms with Crippen molar-refractivity contribution in [2.45, 2.75) is 32.4 Å². The molecule has 0 radical (unpaired) electrons. The first-order chi connectivity index (χ1) is 18.1. The maximum absolute atomic E-state index is 5.91. The Morgan fingerprint density at radius 2 is 1.86 bits per heavy atom. The smallest absolute Gasteiger partial charge is 0.231 e. The van der Waals surface area contributed by atoms with E-state index in [2.05, 4.69) is 57.8 Å². The number of ether oxygens (including phenoxy) is 3. The molecule has 1 aromatic carbocycles. The van der Waals surface area contributed by atoms with E-state index in [4.69, 9.17) is 31.4 Å². The van der Waals surface area contributed by atoms with E-state index in [1.807, 2.05) is 24.4 Å². The number of hydrogen-bond donors (Lipinski definition) is 1. The van der Waals surface area contributed by atoms with E-state index in [1.54, 1.807) is 0 Å². The molecule has 3 aromatic rings. The van der Waals surface area contributed by atoms with Crippen LogP contribution in [0.1, 0.15) is 41.1 Å². The number of nitrogens with one attached hydrogen (secondary N) is 1. The third kappa shape index (κ3) is 4.67. The van der Waals surface area contributed by atoms with Crippen LogP contribution in [-0.2, 0) is 4.74 Å². The highest BCUT2D eigenvalue weighted by Gasteiger charge is 2.41. The van der Waals surface area contributed by atoms with Crippen molar-refractivity contribution >= 4 is 17.3 Å². The Hall–Kier alpha value is -3.14. The van der Waals surface area contributed by atoms with Crippen molar-refractivity contribution in [3.05, 3.63) is 71.3 Å². The molecule has 194 valence electrons. The van der Waals surface area contributed by atoms with E-state index in [0.29, 0.717) is 0 Å². The fourth-order valence-electron chi connectivity index (χ4n) is 5.78. The minimum Gasteiger partial charge on any atom is -0.454 e. The van der Waals surface area contributed by atoms with E-state index in [-0.39, 0.29) is 18.9 Å². The van der Waals surface area contributed by atoms with Crippen LogP contribution in [0.2, 0.25) is 0 Å². The second-order valence-electron chi connectivity index (χ2n) is 9.83. The van der Waals surface area contributed by atoms with Crippen LogP contribution in [0.4, 0.5) is 0 Å². The minimum absolute atomic E-state index is 0.0252. The summed E-state index contributed by atoms with van der Waals surface area (Å²) in [5.41, 5.74) is 5.67. The van der Waals surface area contributed by atoms with Gasteiger partial charge in [-0.3, -0.25) is 9.88 Å².